The van der Waals surface area contributed by atoms with Crippen molar-refractivity contribution >= 4 is 11.0 Å². The maximum atomic E-state index is 11.8. The summed E-state index contributed by atoms with van der Waals surface area (Å²) in [4.78, 5) is 14.2. The van der Waals surface area contributed by atoms with Gasteiger partial charge in [0.1, 0.15) is 5.58 Å². The summed E-state index contributed by atoms with van der Waals surface area (Å²) in [6.07, 6.45) is 4.33. The number of aliphatic hydroxyl groups excluding tert-OH is 1. The Morgan fingerprint density at radius 3 is 3.00 bits per heavy atom. The first-order valence-corrected chi connectivity index (χ1v) is 8.05. The molecule has 0 bridgehead atoms. The predicted octanol–water partition coefficient (Wildman–Crippen LogP) is 2.84. The average Bonchev–Trinajstić information content (AvgIpc) is 2.49. The summed E-state index contributed by atoms with van der Waals surface area (Å²) in [6.45, 7) is 3.99. The fraction of sp³-hybridized carbons (Fsp3) is 0.500. The van der Waals surface area contributed by atoms with Crippen molar-refractivity contribution in [3.63, 3.8) is 0 Å². The Balaban J connectivity index is 1.93. The summed E-state index contributed by atoms with van der Waals surface area (Å²) in [6, 6.07) is 8.02. The molecular formula is C18H23NO3. The SMILES string of the molecule is Cc1ccc2c(CN3CCCC[C@H]3CCO)cc(=O)oc2c1. The summed E-state index contributed by atoms with van der Waals surface area (Å²) in [5.74, 6) is 0. The molecule has 0 saturated carbocycles. The molecule has 1 aliphatic heterocycles. The van der Waals surface area contributed by atoms with Gasteiger partial charge in [-0.3, -0.25) is 4.90 Å². The lowest BCUT2D eigenvalue weighted by molar-refractivity contribution is 0.113. The number of aryl methyl sites for hydroxylation is 1. The number of rotatable bonds is 4. The van der Waals surface area contributed by atoms with Gasteiger partial charge >= 0.3 is 5.63 Å². The highest BCUT2D eigenvalue weighted by molar-refractivity contribution is 5.80. The quantitative estimate of drug-likeness (QED) is 0.882. The third-order valence-electron chi connectivity index (χ3n) is 4.57. The van der Waals surface area contributed by atoms with Gasteiger partial charge in [0.05, 0.1) is 0 Å². The molecule has 0 aliphatic carbocycles. The predicted molar refractivity (Wildman–Crippen MR) is 87.0 cm³/mol. The largest absolute Gasteiger partial charge is 0.423 e. The van der Waals surface area contributed by atoms with Crippen LogP contribution in [0.2, 0.25) is 0 Å². The molecule has 0 spiro atoms. The van der Waals surface area contributed by atoms with E-state index in [1.54, 1.807) is 6.07 Å². The first kappa shape index (κ1) is 15.3. The first-order chi connectivity index (χ1) is 10.7. The molecule has 1 aromatic carbocycles. The van der Waals surface area contributed by atoms with Gasteiger partial charge in [-0.15, -0.1) is 0 Å². The summed E-state index contributed by atoms with van der Waals surface area (Å²) >= 11 is 0. The van der Waals surface area contributed by atoms with Gasteiger partial charge in [0.2, 0.25) is 0 Å². The van der Waals surface area contributed by atoms with Gasteiger partial charge in [-0.25, -0.2) is 4.79 Å². The number of hydrogen-bond donors (Lipinski definition) is 1. The zero-order chi connectivity index (χ0) is 15.5. The molecule has 1 aromatic heterocycles. The fourth-order valence-electron chi connectivity index (χ4n) is 3.43. The number of fused-ring (bicyclic) bond motifs is 1. The lowest BCUT2D eigenvalue weighted by atomic mass is 9.98. The summed E-state index contributed by atoms with van der Waals surface area (Å²) < 4.78 is 5.33. The number of likely N-dealkylation sites (tertiary alicyclic amines) is 1. The second-order valence-corrected chi connectivity index (χ2v) is 6.22. The van der Waals surface area contributed by atoms with Crippen molar-refractivity contribution in [3.05, 3.63) is 45.8 Å². The average molecular weight is 301 g/mol. The normalized spacial score (nSPS) is 19.6. The molecule has 1 aliphatic rings. The standard InChI is InChI=1S/C18H23NO3/c1-13-5-6-16-14(11-18(21)22-17(16)10-13)12-19-8-3-2-4-15(19)7-9-20/h5-6,10-11,15,20H,2-4,7-9,12H2,1H3/t15-/m0/s1. The van der Waals surface area contributed by atoms with E-state index in [4.69, 9.17) is 4.42 Å². The van der Waals surface area contributed by atoms with E-state index in [0.29, 0.717) is 11.6 Å². The van der Waals surface area contributed by atoms with Crippen LogP contribution in [0.15, 0.2) is 33.5 Å². The lowest BCUT2D eigenvalue weighted by Crippen LogP contribution is -2.39. The van der Waals surface area contributed by atoms with Crippen molar-refractivity contribution in [1.82, 2.24) is 4.90 Å². The molecule has 0 amide bonds. The molecule has 2 aromatic rings. The number of benzene rings is 1. The summed E-state index contributed by atoms with van der Waals surface area (Å²) in [5.41, 5.74) is 2.49. The van der Waals surface area contributed by atoms with E-state index in [1.807, 2.05) is 25.1 Å². The molecule has 1 fully saturated rings. The van der Waals surface area contributed by atoms with Gasteiger partial charge in [-0.1, -0.05) is 18.6 Å². The fourth-order valence-corrected chi connectivity index (χ4v) is 3.43. The van der Waals surface area contributed by atoms with Crippen molar-refractivity contribution in [2.24, 2.45) is 0 Å². The number of nitrogens with zero attached hydrogens (tertiary/aromatic N) is 1. The Morgan fingerprint density at radius 2 is 2.18 bits per heavy atom. The van der Waals surface area contributed by atoms with Crippen molar-refractivity contribution in [3.8, 4) is 0 Å². The van der Waals surface area contributed by atoms with Gasteiger partial charge in [-0.2, -0.15) is 0 Å². The summed E-state index contributed by atoms with van der Waals surface area (Å²) in [7, 11) is 0. The van der Waals surface area contributed by atoms with Crippen LogP contribution in [0.25, 0.3) is 11.0 Å². The lowest BCUT2D eigenvalue weighted by Gasteiger charge is -2.35. The van der Waals surface area contributed by atoms with E-state index in [-0.39, 0.29) is 12.2 Å². The minimum Gasteiger partial charge on any atom is -0.423 e. The molecule has 4 heteroatoms. The van der Waals surface area contributed by atoms with Crippen molar-refractivity contribution < 1.29 is 9.52 Å². The molecular weight excluding hydrogens is 278 g/mol. The molecule has 1 atom stereocenters. The van der Waals surface area contributed by atoms with Crippen LogP contribution < -0.4 is 5.63 Å². The van der Waals surface area contributed by atoms with Crippen molar-refractivity contribution in [2.75, 3.05) is 13.2 Å². The summed E-state index contributed by atoms with van der Waals surface area (Å²) in [5, 5.41) is 10.3. The molecule has 3 rings (SSSR count). The highest BCUT2D eigenvalue weighted by Crippen LogP contribution is 2.25. The highest BCUT2D eigenvalue weighted by atomic mass is 16.4. The smallest absolute Gasteiger partial charge is 0.336 e. The monoisotopic (exact) mass is 301 g/mol. The van der Waals surface area contributed by atoms with Crippen molar-refractivity contribution in [2.45, 2.75) is 45.2 Å². The van der Waals surface area contributed by atoms with Crippen molar-refractivity contribution in [1.29, 1.82) is 0 Å². The van der Waals surface area contributed by atoms with Crippen LogP contribution >= 0.6 is 0 Å². The van der Waals surface area contributed by atoms with Gasteiger partial charge < -0.3 is 9.52 Å². The van der Waals surface area contributed by atoms with Crippen LogP contribution in [0.4, 0.5) is 0 Å². The van der Waals surface area contributed by atoms with Gasteiger partial charge in [0.25, 0.3) is 0 Å². The minimum atomic E-state index is -0.288. The zero-order valence-electron chi connectivity index (χ0n) is 13.0. The first-order valence-electron chi connectivity index (χ1n) is 8.05. The van der Waals surface area contributed by atoms with E-state index < -0.39 is 0 Å². The second-order valence-electron chi connectivity index (χ2n) is 6.22. The molecule has 4 nitrogen and oxygen atoms in total. The van der Waals surface area contributed by atoms with Crippen LogP contribution in [-0.4, -0.2) is 29.2 Å². The van der Waals surface area contributed by atoms with Crippen LogP contribution in [-0.2, 0) is 6.54 Å². The molecule has 2 heterocycles. The molecule has 22 heavy (non-hydrogen) atoms. The molecule has 0 radical (unpaired) electrons. The van der Waals surface area contributed by atoms with Crippen LogP contribution in [0.5, 0.6) is 0 Å². The van der Waals surface area contributed by atoms with Gasteiger partial charge in [0, 0.05) is 30.6 Å². The van der Waals surface area contributed by atoms with Gasteiger partial charge in [-0.05, 0) is 49.9 Å². The minimum absolute atomic E-state index is 0.220. The van der Waals surface area contributed by atoms with E-state index in [2.05, 4.69) is 4.90 Å². The van der Waals surface area contributed by atoms with Gasteiger partial charge in [0.15, 0.2) is 0 Å². The Hall–Kier alpha value is -1.65. The maximum Gasteiger partial charge on any atom is 0.336 e. The van der Waals surface area contributed by atoms with Crippen LogP contribution in [0.3, 0.4) is 0 Å². The third kappa shape index (κ3) is 3.23. The molecule has 1 N–H and O–H groups in total. The zero-order valence-corrected chi connectivity index (χ0v) is 13.0. The Bertz CT molecular complexity index is 705. The maximum absolute atomic E-state index is 11.8. The van der Waals surface area contributed by atoms with E-state index >= 15 is 0 Å². The van der Waals surface area contributed by atoms with Crippen LogP contribution in [0, 0.1) is 6.92 Å². The third-order valence-corrected chi connectivity index (χ3v) is 4.57. The molecule has 118 valence electrons. The van der Waals surface area contributed by atoms with E-state index in [1.165, 1.54) is 12.8 Å². The molecule has 1 saturated heterocycles. The number of aliphatic hydroxyl groups is 1. The topological polar surface area (TPSA) is 53.7 Å². The van der Waals surface area contributed by atoms with E-state index in [9.17, 15) is 9.90 Å². The van der Waals surface area contributed by atoms with Crippen LogP contribution in [0.1, 0.15) is 36.8 Å². The Labute approximate surface area is 130 Å². The Kier molecular flexibility index (Phi) is 4.60. The Morgan fingerprint density at radius 1 is 1.32 bits per heavy atom. The number of hydrogen-bond acceptors (Lipinski definition) is 4. The highest BCUT2D eigenvalue weighted by Gasteiger charge is 2.22. The second kappa shape index (κ2) is 6.63. The van der Waals surface area contributed by atoms with E-state index in [0.717, 1.165) is 42.4 Å². The molecule has 0 unspecified atom stereocenters. The number of piperidine rings is 1.